The van der Waals surface area contributed by atoms with Crippen LogP contribution in [0.2, 0.25) is 0 Å². The van der Waals surface area contributed by atoms with E-state index in [2.05, 4.69) is 21.2 Å². The molecule has 2 rings (SSSR count). The van der Waals surface area contributed by atoms with Gasteiger partial charge in [0.2, 0.25) is 0 Å². The summed E-state index contributed by atoms with van der Waals surface area (Å²) in [5, 5.41) is 2.76. The molecule has 0 aromatic heterocycles. The molecule has 1 N–H and O–H groups in total. The van der Waals surface area contributed by atoms with Crippen LogP contribution in [0, 0.1) is 5.82 Å². The third-order valence-electron chi connectivity index (χ3n) is 2.83. The maximum absolute atomic E-state index is 12.7. The summed E-state index contributed by atoms with van der Waals surface area (Å²) in [5.74, 6) is 0.206. The molecule has 0 bridgehead atoms. The molecule has 0 heterocycles. The molecule has 0 saturated heterocycles. The van der Waals surface area contributed by atoms with E-state index in [1.807, 2.05) is 12.1 Å². The van der Waals surface area contributed by atoms with Crippen molar-refractivity contribution in [3.05, 3.63) is 64.4 Å². The number of rotatable bonds is 6. The van der Waals surface area contributed by atoms with Crippen LogP contribution in [-0.2, 0) is 11.2 Å². The second-order valence-corrected chi connectivity index (χ2v) is 5.38. The number of carbonyl (C=O) groups is 1. The fourth-order valence-electron chi connectivity index (χ4n) is 1.73. The Labute approximate surface area is 131 Å². The summed E-state index contributed by atoms with van der Waals surface area (Å²) in [6, 6.07) is 13.5. The van der Waals surface area contributed by atoms with Gasteiger partial charge in [-0.2, -0.15) is 0 Å². The van der Waals surface area contributed by atoms with Gasteiger partial charge in [-0.3, -0.25) is 4.79 Å². The van der Waals surface area contributed by atoms with Gasteiger partial charge in [0.25, 0.3) is 5.91 Å². The van der Waals surface area contributed by atoms with E-state index in [9.17, 15) is 9.18 Å². The smallest absolute Gasteiger partial charge is 0.257 e. The zero-order valence-corrected chi connectivity index (χ0v) is 12.9. The monoisotopic (exact) mass is 351 g/mol. The fraction of sp³-hybridized carbons (Fsp3) is 0.188. The SMILES string of the molecule is O=C(COc1ccc(Br)cc1)NCCc1ccc(F)cc1. The summed E-state index contributed by atoms with van der Waals surface area (Å²) in [6.45, 7) is 0.471. The van der Waals surface area contributed by atoms with Gasteiger partial charge in [0, 0.05) is 11.0 Å². The lowest BCUT2D eigenvalue weighted by Gasteiger charge is -2.07. The minimum absolute atomic E-state index is 0.0228. The minimum atomic E-state index is -0.259. The topological polar surface area (TPSA) is 38.3 Å². The van der Waals surface area contributed by atoms with Crippen molar-refractivity contribution in [2.45, 2.75) is 6.42 Å². The normalized spacial score (nSPS) is 10.2. The lowest BCUT2D eigenvalue weighted by atomic mass is 10.1. The Hall–Kier alpha value is -1.88. The van der Waals surface area contributed by atoms with Crippen molar-refractivity contribution in [3.63, 3.8) is 0 Å². The number of nitrogens with one attached hydrogen (secondary N) is 1. The van der Waals surface area contributed by atoms with Gasteiger partial charge in [0.1, 0.15) is 11.6 Å². The summed E-state index contributed by atoms with van der Waals surface area (Å²) < 4.78 is 19.1. The third kappa shape index (κ3) is 5.55. The molecule has 0 saturated carbocycles. The number of hydrogen-bond donors (Lipinski definition) is 1. The quantitative estimate of drug-likeness (QED) is 0.866. The first-order valence-corrected chi connectivity index (χ1v) is 7.32. The highest BCUT2D eigenvalue weighted by molar-refractivity contribution is 9.10. The van der Waals surface area contributed by atoms with Gasteiger partial charge in [-0.15, -0.1) is 0 Å². The summed E-state index contributed by atoms with van der Waals surface area (Å²) in [4.78, 5) is 11.6. The van der Waals surface area contributed by atoms with Crippen LogP contribution < -0.4 is 10.1 Å². The van der Waals surface area contributed by atoms with Crippen LogP contribution in [0.3, 0.4) is 0 Å². The van der Waals surface area contributed by atoms with Crippen molar-refractivity contribution in [3.8, 4) is 5.75 Å². The van der Waals surface area contributed by atoms with Crippen molar-refractivity contribution in [1.82, 2.24) is 5.32 Å². The number of halogens is 2. The number of amides is 1. The van der Waals surface area contributed by atoms with Gasteiger partial charge in [0.15, 0.2) is 6.61 Å². The van der Waals surface area contributed by atoms with Crippen LogP contribution in [0.15, 0.2) is 53.0 Å². The summed E-state index contributed by atoms with van der Waals surface area (Å²) in [5.41, 5.74) is 0.977. The van der Waals surface area contributed by atoms with Gasteiger partial charge < -0.3 is 10.1 Å². The molecule has 0 radical (unpaired) electrons. The minimum Gasteiger partial charge on any atom is -0.484 e. The first-order chi connectivity index (χ1) is 10.1. The lowest BCUT2D eigenvalue weighted by Crippen LogP contribution is -2.30. The van der Waals surface area contributed by atoms with Crippen LogP contribution in [0.25, 0.3) is 0 Å². The zero-order valence-electron chi connectivity index (χ0n) is 11.3. The summed E-state index contributed by atoms with van der Waals surface area (Å²) in [6.07, 6.45) is 0.657. The van der Waals surface area contributed by atoms with E-state index in [0.29, 0.717) is 18.7 Å². The molecule has 0 unspecified atom stereocenters. The molecule has 21 heavy (non-hydrogen) atoms. The lowest BCUT2D eigenvalue weighted by molar-refractivity contribution is -0.123. The van der Waals surface area contributed by atoms with Crippen LogP contribution >= 0.6 is 15.9 Å². The van der Waals surface area contributed by atoms with Gasteiger partial charge in [-0.1, -0.05) is 28.1 Å². The second-order valence-electron chi connectivity index (χ2n) is 4.47. The van der Waals surface area contributed by atoms with Crippen molar-refractivity contribution in [1.29, 1.82) is 0 Å². The summed E-state index contributed by atoms with van der Waals surface area (Å²) in [7, 11) is 0. The fourth-order valence-corrected chi connectivity index (χ4v) is 1.99. The Morgan fingerprint density at radius 2 is 1.76 bits per heavy atom. The molecule has 0 aliphatic rings. The van der Waals surface area contributed by atoms with E-state index in [1.54, 1.807) is 24.3 Å². The van der Waals surface area contributed by atoms with E-state index in [4.69, 9.17) is 4.74 Å². The Bertz CT molecular complexity index is 584. The average Bonchev–Trinajstić information content (AvgIpc) is 2.49. The average molecular weight is 352 g/mol. The van der Waals surface area contributed by atoms with Gasteiger partial charge >= 0.3 is 0 Å². The molecule has 110 valence electrons. The van der Waals surface area contributed by atoms with Crippen LogP contribution in [0.5, 0.6) is 5.75 Å². The molecular weight excluding hydrogens is 337 g/mol. The van der Waals surface area contributed by atoms with E-state index in [0.717, 1.165) is 10.0 Å². The van der Waals surface area contributed by atoms with Crippen molar-refractivity contribution in [2.24, 2.45) is 0 Å². The first kappa shape index (κ1) is 15.5. The Balaban J connectivity index is 1.67. The number of ether oxygens (including phenoxy) is 1. The molecular formula is C16H15BrFNO2. The van der Waals surface area contributed by atoms with E-state index in [1.165, 1.54) is 12.1 Å². The highest BCUT2D eigenvalue weighted by Gasteiger charge is 2.02. The summed E-state index contributed by atoms with van der Waals surface area (Å²) >= 11 is 3.33. The maximum atomic E-state index is 12.7. The van der Waals surface area contributed by atoms with Crippen LogP contribution in [-0.4, -0.2) is 19.1 Å². The predicted octanol–water partition coefficient (Wildman–Crippen LogP) is 3.33. The second kappa shape index (κ2) is 7.78. The largest absolute Gasteiger partial charge is 0.484 e. The highest BCUT2D eigenvalue weighted by Crippen LogP contribution is 2.15. The molecule has 1 amide bonds. The predicted molar refractivity (Wildman–Crippen MR) is 82.8 cm³/mol. The Kier molecular flexibility index (Phi) is 5.75. The number of hydrogen-bond acceptors (Lipinski definition) is 2. The van der Waals surface area contributed by atoms with Crippen molar-refractivity contribution < 1.29 is 13.9 Å². The zero-order chi connectivity index (χ0) is 15.1. The molecule has 3 nitrogen and oxygen atoms in total. The van der Waals surface area contributed by atoms with Gasteiger partial charge in [-0.05, 0) is 48.4 Å². The Morgan fingerprint density at radius 1 is 1.10 bits per heavy atom. The Morgan fingerprint density at radius 3 is 2.43 bits per heavy atom. The number of benzene rings is 2. The van der Waals surface area contributed by atoms with E-state index in [-0.39, 0.29) is 18.3 Å². The highest BCUT2D eigenvalue weighted by atomic mass is 79.9. The van der Waals surface area contributed by atoms with Gasteiger partial charge in [-0.25, -0.2) is 4.39 Å². The molecule has 0 fully saturated rings. The number of carbonyl (C=O) groups excluding carboxylic acids is 1. The first-order valence-electron chi connectivity index (χ1n) is 6.53. The standard InChI is InChI=1S/C16H15BrFNO2/c17-13-3-7-15(8-4-13)21-11-16(20)19-10-9-12-1-5-14(18)6-2-12/h1-8H,9-11H2,(H,19,20). The molecule has 0 spiro atoms. The third-order valence-corrected chi connectivity index (χ3v) is 3.36. The van der Waals surface area contributed by atoms with Crippen LogP contribution in [0.4, 0.5) is 4.39 Å². The molecule has 2 aromatic rings. The van der Waals surface area contributed by atoms with Crippen molar-refractivity contribution >= 4 is 21.8 Å². The van der Waals surface area contributed by atoms with Crippen molar-refractivity contribution in [2.75, 3.05) is 13.2 Å². The van der Waals surface area contributed by atoms with E-state index < -0.39 is 0 Å². The van der Waals surface area contributed by atoms with Gasteiger partial charge in [0.05, 0.1) is 0 Å². The molecule has 0 atom stereocenters. The molecule has 0 aliphatic carbocycles. The molecule has 0 aliphatic heterocycles. The van der Waals surface area contributed by atoms with E-state index >= 15 is 0 Å². The molecule has 2 aromatic carbocycles. The molecule has 5 heteroatoms. The maximum Gasteiger partial charge on any atom is 0.257 e. The van der Waals surface area contributed by atoms with Crippen LogP contribution in [0.1, 0.15) is 5.56 Å².